The van der Waals surface area contributed by atoms with Gasteiger partial charge in [0.25, 0.3) is 0 Å². The second kappa shape index (κ2) is 12.8. The van der Waals surface area contributed by atoms with Gasteiger partial charge in [-0.15, -0.1) is 0 Å². The first kappa shape index (κ1) is 21.3. The lowest BCUT2D eigenvalue weighted by Crippen LogP contribution is -2.46. The zero-order valence-corrected chi connectivity index (χ0v) is 15.6. The summed E-state index contributed by atoms with van der Waals surface area (Å²) in [6.07, 6.45) is 3.71. The highest BCUT2D eigenvalue weighted by molar-refractivity contribution is 6.60. The molecule has 0 heterocycles. The minimum atomic E-state index is -2.59. The Morgan fingerprint density at radius 1 is 0.955 bits per heavy atom. The summed E-state index contributed by atoms with van der Waals surface area (Å²) in [5.74, 6) is -0.336. The van der Waals surface area contributed by atoms with Gasteiger partial charge in [-0.2, -0.15) is 0 Å². The summed E-state index contributed by atoms with van der Waals surface area (Å²) in [6, 6.07) is 0.753. The Morgan fingerprint density at radius 3 is 2.09 bits per heavy atom. The third-order valence-corrected chi connectivity index (χ3v) is 6.07. The summed E-state index contributed by atoms with van der Waals surface area (Å²) in [5, 5.41) is 0. The minimum absolute atomic E-state index is 0.336. The van der Waals surface area contributed by atoms with Crippen LogP contribution in [0.3, 0.4) is 0 Å². The van der Waals surface area contributed by atoms with Crippen molar-refractivity contribution in [3.05, 3.63) is 12.2 Å². The quantitative estimate of drug-likeness (QED) is 0.210. The van der Waals surface area contributed by atoms with Crippen molar-refractivity contribution in [3.63, 3.8) is 0 Å². The Balaban J connectivity index is 4.25. The van der Waals surface area contributed by atoms with Crippen LogP contribution in [0.25, 0.3) is 0 Å². The molecule has 5 nitrogen and oxygen atoms in total. The van der Waals surface area contributed by atoms with Crippen molar-refractivity contribution in [1.29, 1.82) is 0 Å². The molecule has 0 amide bonds. The van der Waals surface area contributed by atoms with Gasteiger partial charge < -0.3 is 18.0 Å². The largest absolute Gasteiger partial charge is 0.500 e. The molecule has 130 valence electrons. The van der Waals surface area contributed by atoms with E-state index in [9.17, 15) is 4.79 Å². The molecule has 0 rings (SSSR count). The van der Waals surface area contributed by atoms with E-state index in [0.29, 0.717) is 32.0 Å². The smallest absolute Gasteiger partial charge is 0.462 e. The summed E-state index contributed by atoms with van der Waals surface area (Å²) < 4.78 is 22.8. The van der Waals surface area contributed by atoms with Crippen molar-refractivity contribution in [3.8, 4) is 0 Å². The van der Waals surface area contributed by atoms with Gasteiger partial charge in [0.2, 0.25) is 0 Å². The van der Waals surface area contributed by atoms with E-state index in [2.05, 4.69) is 13.5 Å². The summed E-state index contributed by atoms with van der Waals surface area (Å²) in [5.41, 5.74) is 0.426. The predicted molar refractivity (Wildman–Crippen MR) is 89.7 cm³/mol. The Morgan fingerprint density at radius 2 is 1.59 bits per heavy atom. The maximum absolute atomic E-state index is 11.3. The molecule has 0 saturated heterocycles. The molecule has 0 bridgehead atoms. The lowest BCUT2D eigenvalue weighted by molar-refractivity contribution is -0.139. The number of carbonyl (C=O) groups is 1. The number of unbranched alkanes of at least 4 members (excludes halogenated alkanes) is 2. The third-order valence-electron chi connectivity index (χ3n) is 3.01. The highest BCUT2D eigenvalue weighted by Crippen LogP contribution is 2.20. The fourth-order valence-corrected chi connectivity index (χ4v) is 4.59. The van der Waals surface area contributed by atoms with E-state index in [-0.39, 0.29) is 5.97 Å². The number of esters is 1. The van der Waals surface area contributed by atoms with Crippen LogP contribution < -0.4 is 0 Å². The van der Waals surface area contributed by atoms with E-state index in [4.69, 9.17) is 18.0 Å². The van der Waals surface area contributed by atoms with Gasteiger partial charge in [0.15, 0.2) is 0 Å². The van der Waals surface area contributed by atoms with Gasteiger partial charge in [-0.1, -0.05) is 19.9 Å². The summed E-state index contributed by atoms with van der Waals surface area (Å²) in [4.78, 5) is 11.3. The van der Waals surface area contributed by atoms with Crippen LogP contribution in [-0.4, -0.2) is 41.2 Å². The van der Waals surface area contributed by atoms with E-state index >= 15 is 0 Å². The molecular formula is C16H32O5Si. The molecule has 0 atom stereocenters. The molecule has 0 saturated carbocycles. The van der Waals surface area contributed by atoms with Gasteiger partial charge in [0.1, 0.15) is 0 Å². The molecule has 0 aromatic heterocycles. The average molecular weight is 333 g/mol. The van der Waals surface area contributed by atoms with Gasteiger partial charge in [-0.05, 0) is 40.0 Å². The standard InChI is InChI=1S/C16H32O5Si/c1-6-9-13-21-22(19-7-2,20-8-3)14-11-10-12-18-16(17)15(4)5/h4,6-14H2,1-3,5H3. The van der Waals surface area contributed by atoms with Crippen molar-refractivity contribution in [2.45, 2.75) is 59.4 Å². The van der Waals surface area contributed by atoms with Crippen LogP contribution in [-0.2, 0) is 22.8 Å². The number of ether oxygens (including phenoxy) is 1. The molecule has 0 spiro atoms. The lowest BCUT2D eigenvalue weighted by Gasteiger charge is -2.29. The maximum atomic E-state index is 11.3. The fourth-order valence-electron chi connectivity index (χ4n) is 1.88. The minimum Gasteiger partial charge on any atom is -0.462 e. The zero-order chi connectivity index (χ0) is 16.8. The molecule has 0 N–H and O–H groups in total. The average Bonchev–Trinajstić information content (AvgIpc) is 2.47. The van der Waals surface area contributed by atoms with Crippen molar-refractivity contribution in [1.82, 2.24) is 0 Å². The topological polar surface area (TPSA) is 54.0 Å². The second-order valence-electron chi connectivity index (χ2n) is 5.12. The highest BCUT2D eigenvalue weighted by Gasteiger charge is 2.39. The van der Waals surface area contributed by atoms with Gasteiger partial charge in [0, 0.05) is 31.4 Å². The van der Waals surface area contributed by atoms with Gasteiger partial charge in [0.05, 0.1) is 6.61 Å². The summed E-state index contributed by atoms with van der Waals surface area (Å²) in [6.45, 7) is 13.5. The van der Waals surface area contributed by atoms with E-state index in [0.717, 1.165) is 31.7 Å². The number of rotatable bonds is 14. The first-order valence-corrected chi connectivity index (χ1v) is 10.2. The van der Waals surface area contributed by atoms with Crippen LogP contribution in [0, 0.1) is 0 Å². The van der Waals surface area contributed by atoms with E-state index in [1.54, 1.807) is 6.92 Å². The molecule has 0 fully saturated rings. The Bertz CT molecular complexity index is 314. The van der Waals surface area contributed by atoms with Crippen molar-refractivity contribution < 1.29 is 22.8 Å². The molecule has 0 aromatic carbocycles. The zero-order valence-electron chi connectivity index (χ0n) is 14.6. The van der Waals surface area contributed by atoms with Crippen molar-refractivity contribution in [2.75, 3.05) is 26.4 Å². The van der Waals surface area contributed by atoms with E-state index in [1.165, 1.54) is 0 Å². The molecule has 22 heavy (non-hydrogen) atoms. The maximum Gasteiger partial charge on any atom is 0.500 e. The molecule has 0 radical (unpaired) electrons. The second-order valence-corrected chi connectivity index (χ2v) is 7.86. The first-order valence-electron chi connectivity index (χ1n) is 8.25. The predicted octanol–water partition coefficient (Wildman–Crippen LogP) is 3.71. The molecule has 0 aliphatic carbocycles. The lowest BCUT2D eigenvalue weighted by atomic mass is 10.3. The van der Waals surface area contributed by atoms with Crippen molar-refractivity contribution in [2.24, 2.45) is 0 Å². The molecule has 0 aliphatic rings. The van der Waals surface area contributed by atoms with E-state index in [1.807, 2.05) is 13.8 Å². The van der Waals surface area contributed by atoms with Crippen LogP contribution in [0.5, 0.6) is 0 Å². The fraction of sp³-hybridized carbons (Fsp3) is 0.812. The molecule has 6 heteroatoms. The normalized spacial score (nSPS) is 11.5. The Hall–Kier alpha value is -0.693. The molecular weight excluding hydrogens is 300 g/mol. The Kier molecular flexibility index (Phi) is 12.4. The Labute approximate surface area is 136 Å². The number of hydrogen-bond acceptors (Lipinski definition) is 5. The summed E-state index contributed by atoms with van der Waals surface area (Å²) >= 11 is 0. The van der Waals surface area contributed by atoms with Crippen LogP contribution >= 0.6 is 0 Å². The molecule has 0 unspecified atom stereocenters. The van der Waals surface area contributed by atoms with Crippen LogP contribution in [0.4, 0.5) is 0 Å². The first-order chi connectivity index (χ1) is 10.5. The van der Waals surface area contributed by atoms with E-state index < -0.39 is 8.80 Å². The van der Waals surface area contributed by atoms with Gasteiger partial charge in [-0.25, -0.2) is 4.79 Å². The van der Waals surface area contributed by atoms with Crippen LogP contribution in [0.15, 0.2) is 12.2 Å². The number of carbonyl (C=O) groups excluding carboxylic acids is 1. The van der Waals surface area contributed by atoms with Crippen LogP contribution in [0.1, 0.15) is 53.4 Å². The van der Waals surface area contributed by atoms with Crippen molar-refractivity contribution >= 4 is 14.8 Å². The van der Waals surface area contributed by atoms with Gasteiger partial charge >= 0.3 is 14.8 Å². The number of hydrogen-bond donors (Lipinski definition) is 0. The molecule has 0 aliphatic heterocycles. The summed E-state index contributed by atoms with van der Waals surface area (Å²) in [7, 11) is -2.59. The van der Waals surface area contributed by atoms with Gasteiger partial charge in [-0.3, -0.25) is 0 Å². The van der Waals surface area contributed by atoms with Crippen LogP contribution in [0.2, 0.25) is 6.04 Å². The third kappa shape index (κ3) is 9.35. The SMILES string of the molecule is C=C(C)C(=O)OCCCC[Si](OCC)(OCC)OCCCC. The highest BCUT2D eigenvalue weighted by atomic mass is 28.4. The monoisotopic (exact) mass is 332 g/mol. The molecule has 0 aromatic rings.